The normalized spacial score (nSPS) is 28.4. The Balaban J connectivity index is 0.000000155. The van der Waals surface area contributed by atoms with Crippen molar-refractivity contribution < 1.29 is 62.3 Å². The molecule has 6 bridgehead atoms. The highest BCUT2D eigenvalue weighted by molar-refractivity contribution is 6.06. The Bertz CT molecular complexity index is 2580. The molecule has 22 heteroatoms. The van der Waals surface area contributed by atoms with Gasteiger partial charge in [-0.25, -0.2) is 24.0 Å². The standard InChI is InChI=1S/C24H34N4O5.C23H23N3O6.C10H20N2O2/c1-24(2,3)33-23(31)26-12-11-18(14-26)13-25-21(29)20-10-9-19-15-27(20)22(30)28(19)32-16-17-7-5-4-6-8-17;27-20-18-14-6-7-15(10-14)19(18)21(28)26(20)32-22(29)17-9-8-16-11-24(17)23(30)25(16)31-12-13-4-2-1-3-5-13;1-10(2,3)14-9(13)12-5-4-8(6-11)7-12/h4-8,18-20H,9-16H2,1-3H3,(H,25,29);1-7,14-19H,8-12H2;8H,4-7,11H2,1-3H3/t18-,19-,20+;14-,15+,16-,17+,18-,19+;8-/m111/s1. The molecule has 1 saturated carbocycles. The third kappa shape index (κ3) is 13.1. The number of urea groups is 2. The summed E-state index contributed by atoms with van der Waals surface area (Å²) in [6.45, 7) is 16.4. The summed E-state index contributed by atoms with van der Waals surface area (Å²) in [5.74, 6) is -1.94. The number of amides is 9. The topological polar surface area (TPSA) is 243 Å². The Morgan fingerprint density at radius 1 is 0.595 bits per heavy atom. The quantitative estimate of drug-likeness (QED) is 0.194. The second-order valence-corrected chi connectivity index (χ2v) is 24.1. The first-order valence-corrected chi connectivity index (χ1v) is 27.9. The van der Waals surface area contributed by atoms with Crippen molar-refractivity contribution in [2.45, 2.75) is 135 Å². The Kier molecular flexibility index (Phi) is 17.2. The zero-order valence-corrected chi connectivity index (χ0v) is 46.2. The van der Waals surface area contributed by atoms with Gasteiger partial charge >= 0.3 is 30.2 Å². The molecule has 7 aliphatic heterocycles. The van der Waals surface area contributed by atoms with Gasteiger partial charge in [-0.2, -0.15) is 10.1 Å². The zero-order chi connectivity index (χ0) is 56.3. The SMILES string of the molecule is CC(C)(C)OC(=O)N1CC[C@H](CN)C1.CC(C)(C)OC(=O)N1CC[C@H](CNC(=O)[C@@H]2CC[C@@H]3CN2C(=O)N3OCc2ccccc2)C1.O=C(ON1C(=O)[C@@H]2[C@H](C1=O)[C@@H]1C=C[C@H]2C1)[C@@H]1CC[C@@H]2CN1C(=O)N2OCc1ccccc1. The number of benzene rings is 2. The van der Waals surface area contributed by atoms with Crippen LogP contribution in [0.2, 0.25) is 0 Å². The number of nitrogens with zero attached hydrogens (tertiary/aromatic N) is 7. The van der Waals surface area contributed by atoms with E-state index in [1.807, 2.05) is 114 Å². The van der Waals surface area contributed by atoms with Crippen LogP contribution in [0.4, 0.5) is 19.2 Å². The summed E-state index contributed by atoms with van der Waals surface area (Å²) in [5.41, 5.74) is 6.55. The molecule has 9 aliphatic rings. The minimum Gasteiger partial charge on any atom is -0.444 e. The number of carbonyl (C=O) groups is 8. The van der Waals surface area contributed by atoms with Crippen LogP contribution in [0.3, 0.4) is 0 Å². The van der Waals surface area contributed by atoms with Crippen molar-refractivity contribution in [2.24, 2.45) is 41.2 Å². The molecule has 79 heavy (non-hydrogen) atoms. The molecule has 428 valence electrons. The Morgan fingerprint density at radius 2 is 1.05 bits per heavy atom. The van der Waals surface area contributed by atoms with Crippen molar-refractivity contribution >= 4 is 47.9 Å². The van der Waals surface area contributed by atoms with Gasteiger partial charge in [-0.3, -0.25) is 24.1 Å². The molecular weight excluding hydrogens is 1020 g/mol. The summed E-state index contributed by atoms with van der Waals surface area (Å²) >= 11 is 0. The highest BCUT2D eigenvalue weighted by Crippen LogP contribution is 2.52. The van der Waals surface area contributed by atoms with Crippen LogP contribution in [-0.2, 0) is 56.4 Å². The van der Waals surface area contributed by atoms with Gasteiger partial charge in [-0.05, 0) is 128 Å². The Hall–Kier alpha value is -6.78. The molecule has 22 nitrogen and oxygen atoms in total. The van der Waals surface area contributed by atoms with Crippen molar-refractivity contribution in [3.05, 3.63) is 83.9 Å². The number of likely N-dealkylation sites (tertiary alicyclic amines) is 2. The molecule has 3 N–H and O–H groups in total. The van der Waals surface area contributed by atoms with Crippen molar-refractivity contribution in [1.29, 1.82) is 0 Å². The summed E-state index contributed by atoms with van der Waals surface area (Å²) in [4.78, 5) is 124. The number of nitrogens with two attached hydrogens (primary N) is 1. The minimum absolute atomic E-state index is 0.0255. The smallest absolute Gasteiger partial charge is 0.410 e. The Labute approximate surface area is 461 Å². The molecule has 10 atom stereocenters. The van der Waals surface area contributed by atoms with E-state index in [-0.39, 0.29) is 60.6 Å². The number of rotatable bonds is 12. The van der Waals surface area contributed by atoms with E-state index in [1.54, 1.807) is 14.7 Å². The molecule has 8 fully saturated rings. The van der Waals surface area contributed by atoms with Crippen LogP contribution in [0, 0.1) is 35.5 Å². The molecule has 0 radical (unpaired) electrons. The molecule has 2 aliphatic carbocycles. The number of allylic oxidation sites excluding steroid dienone is 2. The lowest BCUT2D eigenvalue weighted by atomic mass is 9.85. The highest BCUT2D eigenvalue weighted by Gasteiger charge is 2.61. The molecule has 7 heterocycles. The number of hydrogen-bond acceptors (Lipinski definition) is 14. The molecule has 2 aromatic carbocycles. The van der Waals surface area contributed by atoms with E-state index in [0.717, 1.165) is 49.9 Å². The first-order valence-electron chi connectivity index (χ1n) is 27.9. The number of imide groups is 1. The van der Waals surface area contributed by atoms with E-state index in [9.17, 15) is 38.4 Å². The second kappa shape index (κ2) is 23.9. The lowest BCUT2D eigenvalue weighted by molar-refractivity contribution is -0.202. The molecule has 11 rings (SSSR count). The fourth-order valence-electron chi connectivity index (χ4n) is 12.0. The van der Waals surface area contributed by atoms with E-state index < -0.39 is 58.9 Å². The Morgan fingerprint density at radius 3 is 1.52 bits per heavy atom. The number of piperidine rings is 2. The van der Waals surface area contributed by atoms with Crippen LogP contribution in [0.25, 0.3) is 0 Å². The van der Waals surface area contributed by atoms with E-state index in [2.05, 4.69) is 5.32 Å². The number of nitrogens with one attached hydrogen (secondary N) is 1. The highest BCUT2D eigenvalue weighted by atomic mass is 16.7. The van der Waals surface area contributed by atoms with Crippen LogP contribution >= 0.6 is 0 Å². The molecule has 0 unspecified atom stereocenters. The van der Waals surface area contributed by atoms with Crippen LogP contribution in [-0.4, -0.2) is 170 Å². The molecule has 0 aromatic heterocycles. The van der Waals surface area contributed by atoms with Crippen LogP contribution in [0.5, 0.6) is 0 Å². The number of fused-ring (bicyclic) bond motifs is 9. The maximum absolute atomic E-state index is 12.9. The lowest BCUT2D eigenvalue weighted by Crippen LogP contribution is -2.50. The second-order valence-electron chi connectivity index (χ2n) is 24.1. The van der Waals surface area contributed by atoms with E-state index in [0.29, 0.717) is 76.1 Å². The first-order chi connectivity index (χ1) is 37.7. The summed E-state index contributed by atoms with van der Waals surface area (Å²) in [6, 6.07) is 17.1. The van der Waals surface area contributed by atoms with E-state index >= 15 is 0 Å². The lowest BCUT2D eigenvalue weighted by Gasteiger charge is -2.29. The molecule has 2 aromatic rings. The first kappa shape index (κ1) is 56.9. The van der Waals surface area contributed by atoms with Gasteiger partial charge < -0.3 is 45.0 Å². The van der Waals surface area contributed by atoms with Gasteiger partial charge in [0.1, 0.15) is 36.5 Å². The van der Waals surface area contributed by atoms with Gasteiger partial charge in [0.05, 0.1) is 23.9 Å². The third-order valence-electron chi connectivity index (χ3n) is 16.0. The molecular formula is C57H77N9O13. The predicted molar refractivity (Wildman–Crippen MR) is 284 cm³/mol. The van der Waals surface area contributed by atoms with Gasteiger partial charge in [0.25, 0.3) is 11.8 Å². The maximum Gasteiger partial charge on any atom is 0.410 e. The van der Waals surface area contributed by atoms with Gasteiger partial charge in [-0.15, -0.1) is 5.06 Å². The summed E-state index contributed by atoms with van der Waals surface area (Å²) in [7, 11) is 0. The number of hydroxylamine groups is 6. The molecule has 7 saturated heterocycles. The summed E-state index contributed by atoms with van der Waals surface area (Å²) in [5, 5.41) is 6.43. The predicted octanol–water partition coefficient (Wildman–Crippen LogP) is 5.61. The van der Waals surface area contributed by atoms with Gasteiger partial charge in [0, 0.05) is 45.8 Å². The van der Waals surface area contributed by atoms with E-state index in [4.69, 9.17) is 29.7 Å². The molecule has 0 spiro atoms. The average Bonchev–Trinajstić information content (AvgIpc) is 4.48. The van der Waals surface area contributed by atoms with Gasteiger partial charge in [0.15, 0.2) is 0 Å². The molecule has 9 amide bonds. The number of ether oxygens (including phenoxy) is 2. The zero-order valence-electron chi connectivity index (χ0n) is 46.2. The fraction of sp³-hybridized carbons (Fsp3) is 0.614. The largest absolute Gasteiger partial charge is 0.444 e. The minimum atomic E-state index is -0.847. The maximum atomic E-state index is 12.9. The van der Waals surface area contributed by atoms with Crippen molar-refractivity contribution in [2.75, 3.05) is 52.4 Å². The summed E-state index contributed by atoms with van der Waals surface area (Å²) < 4.78 is 10.7. The average molecular weight is 1100 g/mol. The third-order valence-corrected chi connectivity index (χ3v) is 16.0. The van der Waals surface area contributed by atoms with Crippen molar-refractivity contribution in [3.8, 4) is 0 Å². The monoisotopic (exact) mass is 1100 g/mol. The fourth-order valence-corrected chi connectivity index (χ4v) is 12.0. The van der Waals surface area contributed by atoms with Crippen LogP contribution < -0.4 is 11.1 Å². The van der Waals surface area contributed by atoms with Crippen molar-refractivity contribution in [1.82, 2.24) is 40.1 Å². The van der Waals surface area contributed by atoms with E-state index in [1.165, 1.54) is 15.0 Å². The van der Waals surface area contributed by atoms with Crippen molar-refractivity contribution in [3.63, 3.8) is 0 Å². The number of carbonyl (C=O) groups excluding carboxylic acids is 8. The number of hydrogen-bond donors (Lipinski definition) is 2. The summed E-state index contributed by atoms with van der Waals surface area (Å²) in [6.07, 6.45) is 8.35. The van der Waals surface area contributed by atoms with Gasteiger partial charge in [0.2, 0.25) is 5.91 Å². The van der Waals surface area contributed by atoms with Crippen LogP contribution in [0.15, 0.2) is 72.8 Å². The van der Waals surface area contributed by atoms with Crippen LogP contribution in [0.1, 0.15) is 97.6 Å². The van der Waals surface area contributed by atoms with Gasteiger partial charge in [-0.1, -0.05) is 72.8 Å².